The Bertz CT molecular complexity index is 1510. The van der Waals surface area contributed by atoms with Crippen LogP contribution in [0.2, 0.25) is 0 Å². The second-order valence-corrected chi connectivity index (χ2v) is 10.8. The van der Waals surface area contributed by atoms with E-state index < -0.39 is 0 Å². The second kappa shape index (κ2) is 9.17. The molecule has 3 aromatic rings. The largest absolute Gasteiger partial charge is 0.115 e. The highest BCUT2D eigenvalue weighted by atomic mass is 14.6. The van der Waals surface area contributed by atoms with Crippen LogP contribution in [0.15, 0.2) is 66.7 Å². The van der Waals surface area contributed by atoms with E-state index in [1.54, 1.807) is 0 Å². The molecule has 4 saturated carbocycles. The first-order valence-corrected chi connectivity index (χ1v) is 13.0. The predicted molar refractivity (Wildman–Crippen MR) is 147 cm³/mol. The lowest BCUT2D eigenvalue weighted by molar-refractivity contribution is -0.00530. The van der Waals surface area contributed by atoms with Crippen LogP contribution in [0, 0.1) is 66.1 Å². The van der Waals surface area contributed by atoms with Gasteiger partial charge in [-0.2, -0.15) is 0 Å². The average molecular weight is 461 g/mol. The van der Waals surface area contributed by atoms with Gasteiger partial charge < -0.3 is 0 Å². The zero-order chi connectivity index (χ0) is 24.5. The van der Waals surface area contributed by atoms with Crippen molar-refractivity contribution in [2.45, 2.75) is 43.9 Å². The van der Waals surface area contributed by atoms with Crippen molar-refractivity contribution in [3.63, 3.8) is 0 Å². The SMILES string of the molecule is C#Cc1ccccc1C#Cc1cccc(C23CC4CC(CC(C4)C2)C3)c1C#Cc1ccccc1C#C. The van der Waals surface area contributed by atoms with Crippen LogP contribution in [0.3, 0.4) is 0 Å². The first-order valence-electron chi connectivity index (χ1n) is 13.0. The maximum atomic E-state index is 5.77. The molecule has 0 radical (unpaired) electrons. The van der Waals surface area contributed by atoms with Gasteiger partial charge in [0.25, 0.3) is 0 Å². The highest BCUT2D eigenvalue weighted by Gasteiger charge is 2.52. The number of terminal acetylenes is 2. The Labute approximate surface area is 215 Å². The molecule has 7 rings (SSSR count). The van der Waals surface area contributed by atoms with E-state index in [-0.39, 0.29) is 5.41 Å². The molecule has 4 aliphatic carbocycles. The van der Waals surface area contributed by atoms with Crippen molar-refractivity contribution < 1.29 is 0 Å². The van der Waals surface area contributed by atoms with Gasteiger partial charge in [-0.25, -0.2) is 0 Å². The standard InChI is InChI=1S/C36H28/c1-3-29-10-5-7-12-31(29)16-17-33-14-9-15-35(34(33)19-18-32-13-8-6-11-30(32)4-2)36-23-26-20-27(24-36)22-28(21-26)25-36/h1-2,5-15,26-28H,20-25H2. The highest BCUT2D eigenvalue weighted by Crippen LogP contribution is 2.61. The van der Waals surface area contributed by atoms with Gasteiger partial charge >= 0.3 is 0 Å². The molecule has 0 saturated heterocycles. The molecule has 36 heavy (non-hydrogen) atoms. The predicted octanol–water partition coefficient (Wildman–Crippen LogP) is 6.92. The molecule has 0 spiro atoms. The fourth-order valence-corrected chi connectivity index (χ4v) is 7.37. The Morgan fingerprint density at radius 1 is 0.528 bits per heavy atom. The Morgan fingerprint density at radius 3 is 1.50 bits per heavy atom. The monoisotopic (exact) mass is 460 g/mol. The summed E-state index contributed by atoms with van der Waals surface area (Å²) < 4.78 is 0. The van der Waals surface area contributed by atoms with Crippen LogP contribution in [0.5, 0.6) is 0 Å². The van der Waals surface area contributed by atoms with Gasteiger partial charge in [0, 0.05) is 33.4 Å². The second-order valence-electron chi connectivity index (χ2n) is 10.8. The number of benzene rings is 3. The molecule has 0 aromatic heterocycles. The summed E-state index contributed by atoms with van der Waals surface area (Å²) in [7, 11) is 0. The Balaban J connectivity index is 1.51. The zero-order valence-corrected chi connectivity index (χ0v) is 20.5. The molecule has 0 aliphatic heterocycles. The number of hydrogen-bond donors (Lipinski definition) is 0. The van der Waals surface area contributed by atoms with Crippen LogP contribution in [0.1, 0.15) is 77.5 Å². The summed E-state index contributed by atoms with van der Waals surface area (Å²) in [6.07, 6.45) is 19.6. The quantitative estimate of drug-likeness (QED) is 0.346. The van der Waals surface area contributed by atoms with Crippen LogP contribution >= 0.6 is 0 Å². The summed E-state index contributed by atoms with van der Waals surface area (Å²) in [6, 6.07) is 22.4. The molecule has 4 bridgehead atoms. The highest BCUT2D eigenvalue weighted by molar-refractivity contribution is 5.62. The number of hydrogen-bond acceptors (Lipinski definition) is 0. The van der Waals surface area contributed by atoms with Crippen molar-refractivity contribution in [3.8, 4) is 48.4 Å². The van der Waals surface area contributed by atoms with Crippen LogP contribution in [0.4, 0.5) is 0 Å². The maximum absolute atomic E-state index is 5.77. The lowest BCUT2D eigenvalue weighted by atomic mass is 9.47. The van der Waals surface area contributed by atoms with Crippen LogP contribution in [0.25, 0.3) is 0 Å². The lowest BCUT2D eigenvalue weighted by Gasteiger charge is -2.57. The van der Waals surface area contributed by atoms with Gasteiger partial charge in [0.1, 0.15) is 0 Å². The Hall–Kier alpha value is -4.10. The van der Waals surface area contributed by atoms with E-state index in [1.165, 1.54) is 44.1 Å². The third-order valence-electron chi connectivity index (χ3n) is 8.49. The van der Waals surface area contributed by atoms with Gasteiger partial charge in [0.05, 0.1) is 0 Å². The third kappa shape index (κ3) is 4.01. The van der Waals surface area contributed by atoms with Gasteiger partial charge in [-0.3, -0.25) is 0 Å². The van der Waals surface area contributed by atoms with Crippen LogP contribution in [-0.2, 0) is 5.41 Å². The topological polar surface area (TPSA) is 0 Å². The van der Waals surface area contributed by atoms with Gasteiger partial charge in [-0.15, -0.1) is 12.8 Å². The molecule has 172 valence electrons. The fourth-order valence-electron chi connectivity index (χ4n) is 7.37. The summed E-state index contributed by atoms with van der Waals surface area (Å²) >= 11 is 0. The summed E-state index contributed by atoms with van der Waals surface area (Å²) in [4.78, 5) is 0. The van der Waals surface area contributed by atoms with E-state index in [4.69, 9.17) is 12.8 Å². The van der Waals surface area contributed by atoms with Gasteiger partial charge in [0.15, 0.2) is 0 Å². The molecule has 0 heterocycles. The fraction of sp³-hybridized carbons (Fsp3) is 0.278. The van der Waals surface area contributed by atoms with Gasteiger partial charge in [-0.1, -0.05) is 71.9 Å². The van der Waals surface area contributed by atoms with E-state index in [0.717, 1.165) is 51.1 Å². The lowest BCUT2D eigenvalue weighted by Crippen LogP contribution is -2.48. The molecule has 4 fully saturated rings. The first-order chi connectivity index (χ1) is 17.7. The third-order valence-corrected chi connectivity index (χ3v) is 8.49. The Morgan fingerprint density at radius 2 is 0.972 bits per heavy atom. The molecule has 0 heteroatoms. The smallest absolute Gasteiger partial charge is 0.0443 e. The van der Waals surface area contributed by atoms with Crippen molar-refractivity contribution in [3.05, 3.63) is 106 Å². The molecular formula is C36H28. The minimum Gasteiger partial charge on any atom is -0.115 e. The minimum atomic E-state index is 0.221. The molecule has 0 atom stereocenters. The summed E-state index contributed by atoms with van der Waals surface area (Å²) in [6.45, 7) is 0. The molecule has 0 nitrogen and oxygen atoms in total. The van der Waals surface area contributed by atoms with Crippen molar-refractivity contribution in [1.82, 2.24) is 0 Å². The van der Waals surface area contributed by atoms with E-state index in [2.05, 4.69) is 53.7 Å². The summed E-state index contributed by atoms with van der Waals surface area (Å²) in [5.41, 5.74) is 7.06. The molecule has 0 unspecified atom stereocenters. The van der Waals surface area contributed by atoms with E-state index in [1.807, 2.05) is 48.5 Å². The Kier molecular flexibility index (Phi) is 5.70. The summed E-state index contributed by atoms with van der Waals surface area (Å²) in [5, 5.41) is 0. The van der Waals surface area contributed by atoms with E-state index in [0.29, 0.717) is 0 Å². The van der Waals surface area contributed by atoms with Crippen molar-refractivity contribution in [2.75, 3.05) is 0 Å². The molecule has 3 aromatic carbocycles. The minimum absolute atomic E-state index is 0.221. The van der Waals surface area contributed by atoms with Crippen molar-refractivity contribution >= 4 is 0 Å². The first kappa shape index (κ1) is 22.4. The van der Waals surface area contributed by atoms with Gasteiger partial charge in [-0.05, 0) is 97.6 Å². The molecular weight excluding hydrogens is 432 g/mol. The normalized spacial score (nSPS) is 25.0. The molecule has 4 aliphatic rings. The summed E-state index contributed by atoms with van der Waals surface area (Å²) in [5.74, 6) is 21.9. The van der Waals surface area contributed by atoms with Crippen LogP contribution in [-0.4, -0.2) is 0 Å². The maximum Gasteiger partial charge on any atom is 0.0443 e. The molecule has 0 amide bonds. The molecule has 0 N–H and O–H groups in total. The van der Waals surface area contributed by atoms with Crippen LogP contribution < -0.4 is 0 Å². The van der Waals surface area contributed by atoms with Crippen molar-refractivity contribution in [1.29, 1.82) is 0 Å². The van der Waals surface area contributed by atoms with Gasteiger partial charge in [0.2, 0.25) is 0 Å². The number of rotatable bonds is 1. The average Bonchev–Trinajstić information content (AvgIpc) is 2.90. The van der Waals surface area contributed by atoms with E-state index >= 15 is 0 Å². The van der Waals surface area contributed by atoms with Crippen molar-refractivity contribution in [2.24, 2.45) is 17.8 Å². The zero-order valence-electron chi connectivity index (χ0n) is 20.5. The van der Waals surface area contributed by atoms with E-state index in [9.17, 15) is 0 Å².